The summed E-state index contributed by atoms with van der Waals surface area (Å²) in [4.78, 5) is 0. The van der Waals surface area contributed by atoms with E-state index in [0.717, 1.165) is 11.3 Å². The van der Waals surface area contributed by atoms with Gasteiger partial charge in [-0.15, -0.1) is 0 Å². The van der Waals surface area contributed by atoms with Crippen LogP contribution in [0.3, 0.4) is 0 Å². The number of hydrogen-bond donors (Lipinski definition) is 0. The number of tetrazole rings is 1. The molecular formula is C9H9N4O-. The fourth-order valence-electron chi connectivity index (χ4n) is 1.16. The van der Waals surface area contributed by atoms with Gasteiger partial charge >= 0.3 is 0 Å². The summed E-state index contributed by atoms with van der Waals surface area (Å²) in [7, 11) is 1.64. The standard InChI is InChI=1S/C9H9N4O/c1-14-8-4-2-7(3-5-8)6-9-10-12-13-11-9/h2-5H,6H2,1H3/q-1. The van der Waals surface area contributed by atoms with Crippen LogP contribution in [-0.4, -0.2) is 22.6 Å². The minimum atomic E-state index is 0.634. The van der Waals surface area contributed by atoms with Crippen molar-refractivity contribution in [3.63, 3.8) is 0 Å². The van der Waals surface area contributed by atoms with E-state index >= 15 is 0 Å². The summed E-state index contributed by atoms with van der Waals surface area (Å²) in [5, 5.41) is 14.3. The maximum atomic E-state index is 5.05. The lowest BCUT2D eigenvalue weighted by molar-refractivity contribution is 0.414. The molecule has 1 aromatic carbocycles. The predicted octanol–water partition coefficient (Wildman–Crippen LogP) is 0.428. The largest absolute Gasteiger partial charge is 0.497 e. The summed E-state index contributed by atoms with van der Waals surface area (Å²) in [5.74, 6) is 1.48. The summed E-state index contributed by atoms with van der Waals surface area (Å²) in [6.07, 6.45) is 0.650. The van der Waals surface area contributed by atoms with Gasteiger partial charge < -0.3 is 9.84 Å². The normalized spacial score (nSPS) is 10.1. The first kappa shape index (κ1) is 8.68. The molecule has 0 fully saturated rings. The quantitative estimate of drug-likeness (QED) is 0.700. The van der Waals surface area contributed by atoms with Gasteiger partial charge in [0.2, 0.25) is 0 Å². The van der Waals surface area contributed by atoms with E-state index < -0.39 is 0 Å². The molecule has 0 spiro atoms. The van der Waals surface area contributed by atoms with Crippen molar-refractivity contribution in [2.24, 2.45) is 0 Å². The molecule has 1 heterocycles. The van der Waals surface area contributed by atoms with Crippen molar-refractivity contribution >= 4 is 0 Å². The molecule has 0 saturated heterocycles. The van der Waals surface area contributed by atoms with Crippen LogP contribution in [0.1, 0.15) is 11.4 Å². The highest BCUT2D eigenvalue weighted by Gasteiger charge is 1.95. The zero-order valence-electron chi connectivity index (χ0n) is 7.71. The van der Waals surface area contributed by atoms with Gasteiger partial charge in [0.05, 0.1) is 7.11 Å². The topological polar surface area (TPSA) is 62.0 Å². The molecule has 0 atom stereocenters. The lowest BCUT2D eigenvalue weighted by Gasteiger charge is -2.02. The third-order valence-corrected chi connectivity index (χ3v) is 1.88. The molecule has 72 valence electrons. The van der Waals surface area contributed by atoms with Crippen molar-refractivity contribution in [1.29, 1.82) is 0 Å². The highest BCUT2D eigenvalue weighted by Crippen LogP contribution is 2.12. The van der Waals surface area contributed by atoms with Crippen molar-refractivity contribution in [2.45, 2.75) is 6.42 Å². The molecule has 14 heavy (non-hydrogen) atoms. The summed E-state index contributed by atoms with van der Waals surface area (Å²) in [6, 6.07) is 7.74. The Morgan fingerprint density at radius 1 is 1.29 bits per heavy atom. The van der Waals surface area contributed by atoms with E-state index in [1.54, 1.807) is 7.11 Å². The Kier molecular flexibility index (Phi) is 2.40. The minimum Gasteiger partial charge on any atom is -0.497 e. The third kappa shape index (κ3) is 1.87. The lowest BCUT2D eigenvalue weighted by atomic mass is 10.1. The number of hydrogen-bond acceptors (Lipinski definition) is 4. The molecule has 0 unspecified atom stereocenters. The van der Waals surface area contributed by atoms with Gasteiger partial charge in [-0.3, -0.25) is 10.3 Å². The molecule has 0 aliphatic carbocycles. The summed E-state index contributed by atoms with van der Waals surface area (Å²) in [6.45, 7) is 0. The first-order valence-electron chi connectivity index (χ1n) is 4.19. The predicted molar refractivity (Wildman–Crippen MR) is 48.9 cm³/mol. The van der Waals surface area contributed by atoms with E-state index in [2.05, 4.69) is 20.6 Å². The molecule has 2 rings (SSSR count). The number of nitrogens with zero attached hydrogens (tertiary/aromatic N) is 4. The van der Waals surface area contributed by atoms with Gasteiger partial charge in [-0.05, 0) is 17.7 Å². The van der Waals surface area contributed by atoms with Crippen LogP contribution in [-0.2, 0) is 6.42 Å². The van der Waals surface area contributed by atoms with E-state index in [1.807, 2.05) is 24.3 Å². The Morgan fingerprint density at radius 2 is 2.07 bits per heavy atom. The van der Waals surface area contributed by atoms with Gasteiger partial charge in [-0.2, -0.15) is 5.21 Å². The Balaban J connectivity index is 2.10. The summed E-state index contributed by atoms with van der Waals surface area (Å²) < 4.78 is 5.05. The Hall–Kier alpha value is -1.91. The molecular weight excluding hydrogens is 180 g/mol. The molecule has 0 N–H and O–H groups in total. The molecule has 1 aromatic heterocycles. The zero-order valence-corrected chi connectivity index (χ0v) is 7.71. The van der Waals surface area contributed by atoms with Crippen molar-refractivity contribution in [3.8, 4) is 5.75 Å². The van der Waals surface area contributed by atoms with Gasteiger partial charge in [-0.1, -0.05) is 12.1 Å². The Labute approximate surface area is 81.1 Å². The van der Waals surface area contributed by atoms with E-state index in [0.29, 0.717) is 12.2 Å². The second-order valence-electron chi connectivity index (χ2n) is 2.82. The SMILES string of the molecule is COc1ccc(Cc2nnn[n-]2)cc1. The monoisotopic (exact) mass is 189 g/mol. The smallest absolute Gasteiger partial charge is 0.118 e. The van der Waals surface area contributed by atoms with Crippen LogP contribution >= 0.6 is 0 Å². The average molecular weight is 189 g/mol. The molecule has 0 saturated carbocycles. The molecule has 2 aromatic rings. The molecule has 0 radical (unpaired) electrons. The van der Waals surface area contributed by atoms with Crippen molar-refractivity contribution in [1.82, 2.24) is 20.6 Å². The van der Waals surface area contributed by atoms with Gasteiger partial charge in [0, 0.05) is 12.2 Å². The Morgan fingerprint density at radius 3 is 2.64 bits per heavy atom. The second kappa shape index (κ2) is 3.87. The van der Waals surface area contributed by atoms with E-state index in [9.17, 15) is 0 Å². The van der Waals surface area contributed by atoms with E-state index in [1.165, 1.54) is 0 Å². The summed E-state index contributed by atoms with van der Waals surface area (Å²) >= 11 is 0. The van der Waals surface area contributed by atoms with Crippen LogP contribution in [0.4, 0.5) is 0 Å². The van der Waals surface area contributed by atoms with Crippen molar-refractivity contribution in [2.75, 3.05) is 7.11 Å². The average Bonchev–Trinajstić information content (AvgIpc) is 2.72. The van der Waals surface area contributed by atoms with Crippen LogP contribution in [0.15, 0.2) is 24.3 Å². The molecule has 0 bridgehead atoms. The fourth-order valence-corrected chi connectivity index (χ4v) is 1.16. The maximum absolute atomic E-state index is 5.05. The summed E-state index contributed by atoms with van der Waals surface area (Å²) in [5.41, 5.74) is 1.11. The van der Waals surface area contributed by atoms with E-state index in [4.69, 9.17) is 4.74 Å². The number of rotatable bonds is 3. The minimum absolute atomic E-state index is 0.634. The van der Waals surface area contributed by atoms with Gasteiger partial charge in [0.15, 0.2) is 0 Å². The number of ether oxygens (including phenoxy) is 1. The van der Waals surface area contributed by atoms with Gasteiger partial charge in [0.25, 0.3) is 0 Å². The molecule has 0 amide bonds. The van der Waals surface area contributed by atoms with Crippen molar-refractivity contribution in [3.05, 3.63) is 35.7 Å². The molecule has 0 aliphatic rings. The maximum Gasteiger partial charge on any atom is 0.118 e. The molecule has 0 aliphatic heterocycles. The lowest BCUT2D eigenvalue weighted by Crippen LogP contribution is -1.92. The number of benzene rings is 1. The van der Waals surface area contributed by atoms with Crippen LogP contribution in [0.5, 0.6) is 5.75 Å². The third-order valence-electron chi connectivity index (χ3n) is 1.88. The first-order chi connectivity index (χ1) is 6.88. The van der Waals surface area contributed by atoms with Gasteiger partial charge in [-0.25, -0.2) is 0 Å². The first-order valence-corrected chi connectivity index (χ1v) is 4.19. The number of aromatic nitrogens is 4. The Bertz CT molecular complexity index is 382. The van der Waals surface area contributed by atoms with Gasteiger partial charge in [0.1, 0.15) is 5.75 Å². The van der Waals surface area contributed by atoms with Crippen LogP contribution in [0.25, 0.3) is 0 Å². The number of methoxy groups -OCH3 is 1. The fraction of sp³-hybridized carbons (Fsp3) is 0.222. The highest BCUT2D eigenvalue weighted by atomic mass is 16.5. The van der Waals surface area contributed by atoms with Crippen molar-refractivity contribution < 1.29 is 4.74 Å². The zero-order chi connectivity index (χ0) is 9.80. The van der Waals surface area contributed by atoms with E-state index in [-0.39, 0.29) is 0 Å². The molecule has 5 heteroatoms. The van der Waals surface area contributed by atoms with Crippen LogP contribution in [0.2, 0.25) is 0 Å². The van der Waals surface area contributed by atoms with Crippen LogP contribution < -0.4 is 9.84 Å². The second-order valence-corrected chi connectivity index (χ2v) is 2.82. The van der Waals surface area contributed by atoms with Crippen LogP contribution in [0, 0.1) is 0 Å². The molecule has 5 nitrogen and oxygen atoms in total. The highest BCUT2D eigenvalue weighted by molar-refractivity contribution is 5.28.